The summed E-state index contributed by atoms with van der Waals surface area (Å²) in [7, 11) is 0. The molecule has 162 valence electrons. The number of ether oxygens (including phenoxy) is 1. The highest BCUT2D eigenvalue weighted by atomic mass is 16.5. The summed E-state index contributed by atoms with van der Waals surface area (Å²) in [6, 6.07) is 11.2. The first kappa shape index (κ1) is 20.7. The van der Waals surface area contributed by atoms with Crippen LogP contribution < -0.4 is 15.6 Å². The Morgan fingerprint density at radius 1 is 1.19 bits per heavy atom. The molecular weight excluding hydrogens is 396 g/mol. The number of furan rings is 1. The van der Waals surface area contributed by atoms with E-state index in [-0.39, 0.29) is 11.5 Å². The summed E-state index contributed by atoms with van der Waals surface area (Å²) < 4.78 is 14.3. The van der Waals surface area contributed by atoms with E-state index in [0.717, 1.165) is 22.7 Å². The van der Waals surface area contributed by atoms with Gasteiger partial charge >= 0.3 is 0 Å². The zero-order valence-corrected chi connectivity index (χ0v) is 17.8. The van der Waals surface area contributed by atoms with Crippen molar-refractivity contribution < 1.29 is 13.9 Å². The van der Waals surface area contributed by atoms with Crippen LogP contribution in [0.2, 0.25) is 0 Å². The Morgan fingerprint density at radius 3 is 2.84 bits per heavy atom. The maximum atomic E-state index is 12.9. The maximum Gasteiger partial charge on any atom is 0.291 e. The smallest absolute Gasteiger partial charge is 0.291 e. The largest absolute Gasteiger partial charge is 0.494 e. The first-order valence-corrected chi connectivity index (χ1v) is 10.6. The summed E-state index contributed by atoms with van der Waals surface area (Å²) >= 11 is 0. The quantitative estimate of drug-likeness (QED) is 0.447. The Morgan fingerprint density at radius 2 is 2.03 bits per heavy atom. The molecule has 0 spiro atoms. The fourth-order valence-electron chi connectivity index (χ4n) is 3.72. The molecule has 0 atom stereocenters. The lowest BCUT2D eigenvalue weighted by atomic mass is 10.2. The third-order valence-corrected chi connectivity index (χ3v) is 5.21. The normalized spacial score (nSPS) is 11.3. The van der Waals surface area contributed by atoms with Crippen molar-refractivity contribution in [2.75, 3.05) is 6.61 Å². The van der Waals surface area contributed by atoms with E-state index in [1.807, 2.05) is 48.6 Å². The molecule has 0 fully saturated rings. The van der Waals surface area contributed by atoms with Crippen molar-refractivity contribution in [3.63, 3.8) is 0 Å². The van der Waals surface area contributed by atoms with Gasteiger partial charge in [-0.2, -0.15) is 5.10 Å². The third kappa shape index (κ3) is 4.19. The minimum atomic E-state index is -0.186. The molecular formula is C23H26N4O4. The van der Waals surface area contributed by atoms with Crippen LogP contribution in [-0.4, -0.2) is 26.7 Å². The maximum absolute atomic E-state index is 12.9. The predicted molar refractivity (Wildman–Crippen MR) is 117 cm³/mol. The van der Waals surface area contributed by atoms with Crippen molar-refractivity contribution >= 4 is 22.5 Å². The minimum absolute atomic E-state index is 0.0728. The summed E-state index contributed by atoms with van der Waals surface area (Å²) in [6.45, 7) is 5.28. The molecule has 3 aromatic heterocycles. The molecule has 31 heavy (non-hydrogen) atoms. The monoisotopic (exact) mass is 422 g/mol. The van der Waals surface area contributed by atoms with Gasteiger partial charge in [0, 0.05) is 43.6 Å². The molecule has 0 saturated heterocycles. The van der Waals surface area contributed by atoms with Crippen molar-refractivity contribution in [3.8, 4) is 5.75 Å². The van der Waals surface area contributed by atoms with Gasteiger partial charge in [0.2, 0.25) is 5.91 Å². The van der Waals surface area contributed by atoms with Gasteiger partial charge < -0.3 is 14.5 Å². The van der Waals surface area contributed by atoms with E-state index < -0.39 is 0 Å². The summed E-state index contributed by atoms with van der Waals surface area (Å²) in [5, 5.41) is 7.44. The van der Waals surface area contributed by atoms with Gasteiger partial charge in [-0.3, -0.25) is 14.0 Å². The van der Waals surface area contributed by atoms with Gasteiger partial charge in [0.15, 0.2) is 5.58 Å². The molecule has 8 nitrogen and oxygen atoms in total. The zero-order valence-electron chi connectivity index (χ0n) is 17.8. The van der Waals surface area contributed by atoms with Gasteiger partial charge in [0.1, 0.15) is 17.1 Å². The third-order valence-electron chi connectivity index (χ3n) is 5.21. The number of fused-ring (bicyclic) bond motifs is 3. The van der Waals surface area contributed by atoms with E-state index in [4.69, 9.17) is 9.15 Å². The Hall–Kier alpha value is -3.55. The Labute approximate surface area is 179 Å². The van der Waals surface area contributed by atoms with Gasteiger partial charge in [-0.25, -0.2) is 4.68 Å². The Bertz CT molecular complexity index is 1270. The molecule has 4 rings (SSSR count). The Kier molecular flexibility index (Phi) is 6.06. The van der Waals surface area contributed by atoms with E-state index in [2.05, 4.69) is 10.4 Å². The van der Waals surface area contributed by atoms with E-state index in [1.165, 1.54) is 4.68 Å². The standard InChI is InChI=1S/C23H26N4O4/c1-3-21-25-26(23(29)18-14-20-17(27(18)21)11-13-31-20)12-7-10-22(28)24-15-16-8-5-6-9-19(16)30-4-2/h5-6,8-9,11,13-14H,3-4,7,10,12,15H2,1-2H3,(H,24,28). The van der Waals surface area contributed by atoms with Gasteiger partial charge in [0.05, 0.1) is 18.4 Å². The van der Waals surface area contributed by atoms with Crippen LogP contribution >= 0.6 is 0 Å². The topological polar surface area (TPSA) is 90.8 Å². The highest BCUT2D eigenvalue weighted by molar-refractivity contribution is 5.82. The molecule has 3 heterocycles. The fraction of sp³-hybridized carbons (Fsp3) is 0.348. The molecule has 8 heteroatoms. The lowest BCUT2D eigenvalue weighted by Crippen LogP contribution is -2.28. The van der Waals surface area contributed by atoms with E-state index in [9.17, 15) is 9.59 Å². The number of carbonyl (C=O) groups excluding carboxylic acids is 1. The van der Waals surface area contributed by atoms with Crippen LogP contribution in [-0.2, 0) is 24.3 Å². The molecule has 4 aromatic rings. The van der Waals surface area contributed by atoms with Crippen LogP contribution in [0.5, 0.6) is 5.75 Å². The average Bonchev–Trinajstić information content (AvgIpc) is 3.37. The summed E-state index contributed by atoms with van der Waals surface area (Å²) in [4.78, 5) is 25.2. The van der Waals surface area contributed by atoms with E-state index in [0.29, 0.717) is 50.1 Å². The minimum Gasteiger partial charge on any atom is -0.494 e. The van der Waals surface area contributed by atoms with Crippen LogP contribution in [0.15, 0.2) is 51.9 Å². The van der Waals surface area contributed by atoms with E-state index >= 15 is 0 Å². The van der Waals surface area contributed by atoms with Crippen LogP contribution in [0, 0.1) is 0 Å². The second-order valence-corrected chi connectivity index (χ2v) is 7.25. The molecule has 0 saturated carbocycles. The number of hydrogen-bond donors (Lipinski definition) is 1. The second kappa shape index (κ2) is 9.07. The number of benzene rings is 1. The van der Waals surface area contributed by atoms with Crippen molar-refractivity contribution in [2.24, 2.45) is 0 Å². The van der Waals surface area contributed by atoms with Crippen molar-refractivity contribution in [1.82, 2.24) is 19.5 Å². The number of nitrogens with one attached hydrogen (secondary N) is 1. The average molecular weight is 422 g/mol. The van der Waals surface area contributed by atoms with Gasteiger partial charge in [-0.1, -0.05) is 25.1 Å². The van der Waals surface area contributed by atoms with Crippen LogP contribution in [0.3, 0.4) is 0 Å². The number of aromatic nitrogens is 3. The molecule has 0 aliphatic rings. The molecule has 0 radical (unpaired) electrons. The Balaban J connectivity index is 1.40. The SMILES string of the molecule is CCOc1ccccc1CNC(=O)CCCn1nc(CC)n2c(cc3occc32)c1=O. The highest BCUT2D eigenvalue weighted by Crippen LogP contribution is 2.20. The van der Waals surface area contributed by atoms with Crippen LogP contribution in [0.1, 0.15) is 38.1 Å². The molecule has 0 unspecified atom stereocenters. The first-order chi connectivity index (χ1) is 15.1. The highest BCUT2D eigenvalue weighted by Gasteiger charge is 2.15. The first-order valence-electron chi connectivity index (χ1n) is 10.6. The predicted octanol–water partition coefficient (Wildman–Crippen LogP) is 3.30. The lowest BCUT2D eigenvalue weighted by molar-refractivity contribution is -0.121. The zero-order chi connectivity index (χ0) is 21.8. The number of amides is 1. The fourth-order valence-corrected chi connectivity index (χ4v) is 3.72. The number of para-hydroxylation sites is 1. The number of aryl methyl sites for hydroxylation is 2. The molecule has 0 aliphatic carbocycles. The van der Waals surface area contributed by atoms with Gasteiger partial charge in [0.25, 0.3) is 5.56 Å². The van der Waals surface area contributed by atoms with Gasteiger partial charge in [-0.05, 0) is 19.4 Å². The molecule has 1 aromatic carbocycles. The summed E-state index contributed by atoms with van der Waals surface area (Å²) in [5.74, 6) is 1.48. The van der Waals surface area contributed by atoms with Crippen LogP contribution in [0.4, 0.5) is 0 Å². The number of hydrogen-bond acceptors (Lipinski definition) is 5. The van der Waals surface area contributed by atoms with Crippen molar-refractivity contribution in [3.05, 3.63) is 64.4 Å². The lowest BCUT2D eigenvalue weighted by Gasteiger charge is -2.11. The summed E-state index contributed by atoms with van der Waals surface area (Å²) in [5.41, 5.74) is 2.80. The van der Waals surface area contributed by atoms with Crippen LogP contribution in [0.25, 0.3) is 16.6 Å². The molecule has 0 aliphatic heterocycles. The molecule has 1 amide bonds. The number of rotatable bonds is 9. The van der Waals surface area contributed by atoms with E-state index in [1.54, 1.807) is 12.3 Å². The van der Waals surface area contributed by atoms with Crippen molar-refractivity contribution in [1.29, 1.82) is 0 Å². The summed E-state index contributed by atoms with van der Waals surface area (Å²) in [6.07, 6.45) is 3.10. The van der Waals surface area contributed by atoms with Crippen molar-refractivity contribution in [2.45, 2.75) is 46.2 Å². The molecule has 0 bridgehead atoms. The number of carbonyl (C=O) groups is 1. The molecule has 1 N–H and O–H groups in total. The second-order valence-electron chi connectivity index (χ2n) is 7.25. The number of nitrogens with zero attached hydrogens (tertiary/aromatic N) is 3. The van der Waals surface area contributed by atoms with Gasteiger partial charge in [-0.15, -0.1) is 0 Å².